The van der Waals surface area contributed by atoms with Crippen molar-refractivity contribution < 1.29 is 32.2 Å². The number of hydrogen-bond donors (Lipinski definition) is 1. The molecule has 0 saturated carbocycles. The zero-order valence-electron chi connectivity index (χ0n) is 18.5. The van der Waals surface area contributed by atoms with Crippen LogP contribution in [0, 0.1) is 17.5 Å². The van der Waals surface area contributed by atoms with Crippen LogP contribution >= 0.6 is 0 Å². The fourth-order valence-corrected chi connectivity index (χ4v) is 3.91. The maximum absolute atomic E-state index is 13.5. The monoisotopic (exact) mass is 494 g/mol. The van der Waals surface area contributed by atoms with Gasteiger partial charge in [0, 0.05) is 29.6 Å². The van der Waals surface area contributed by atoms with Crippen LogP contribution in [0.15, 0.2) is 65.6 Å². The number of ether oxygens (including phenoxy) is 2. The number of carbonyl (C=O) groups is 2. The Bertz CT molecular complexity index is 1580. The molecule has 182 valence electrons. The molecule has 10 heteroatoms. The lowest BCUT2D eigenvalue weighted by Gasteiger charge is -2.20. The number of fused-ring (bicyclic) bond motifs is 2. The second kappa shape index (κ2) is 9.21. The van der Waals surface area contributed by atoms with Crippen LogP contribution in [-0.2, 0) is 11.3 Å². The molecule has 36 heavy (non-hydrogen) atoms. The molecule has 1 N–H and O–H groups in total. The summed E-state index contributed by atoms with van der Waals surface area (Å²) in [5.74, 6) is -3.34. The van der Waals surface area contributed by atoms with Crippen molar-refractivity contribution in [2.75, 3.05) is 18.5 Å². The van der Waals surface area contributed by atoms with E-state index in [2.05, 4.69) is 5.32 Å². The van der Waals surface area contributed by atoms with E-state index in [-0.39, 0.29) is 35.4 Å². The molecule has 4 aromatic rings. The summed E-state index contributed by atoms with van der Waals surface area (Å²) >= 11 is 0. The van der Waals surface area contributed by atoms with Gasteiger partial charge < -0.3 is 19.4 Å². The highest BCUT2D eigenvalue weighted by Crippen LogP contribution is 2.34. The fraction of sp³-hybridized carbons (Fsp3) is 0.115. The lowest BCUT2D eigenvalue weighted by molar-refractivity contribution is -0.116. The third-order valence-electron chi connectivity index (χ3n) is 5.61. The summed E-state index contributed by atoms with van der Waals surface area (Å²) in [5, 5.41) is 2.56. The molecule has 5 rings (SSSR count). The molecule has 0 aliphatic carbocycles. The van der Waals surface area contributed by atoms with Crippen molar-refractivity contribution in [1.82, 2.24) is 4.57 Å². The Hall–Kier alpha value is -4.60. The summed E-state index contributed by atoms with van der Waals surface area (Å²) in [5.41, 5.74) is -0.440. The average Bonchev–Trinajstić information content (AvgIpc) is 2.87. The number of nitrogens with zero attached hydrogens (tertiary/aromatic N) is 1. The van der Waals surface area contributed by atoms with Gasteiger partial charge >= 0.3 is 0 Å². The highest BCUT2D eigenvalue weighted by Gasteiger charge is 2.22. The lowest BCUT2D eigenvalue weighted by atomic mass is 10.0. The van der Waals surface area contributed by atoms with Crippen LogP contribution in [0.2, 0.25) is 0 Å². The first-order valence-electron chi connectivity index (χ1n) is 10.8. The van der Waals surface area contributed by atoms with Crippen molar-refractivity contribution in [2.24, 2.45) is 0 Å². The predicted octanol–water partition coefficient (Wildman–Crippen LogP) is 4.06. The molecule has 0 radical (unpaired) electrons. The molecule has 0 saturated heterocycles. The normalized spacial score (nSPS) is 12.4. The number of nitrogens with one attached hydrogen (secondary N) is 1. The maximum Gasteiger partial charge on any atom is 0.244 e. The van der Waals surface area contributed by atoms with E-state index in [1.807, 2.05) is 0 Å². The molecule has 0 unspecified atom stereocenters. The number of anilines is 1. The van der Waals surface area contributed by atoms with Crippen LogP contribution in [0.1, 0.15) is 15.9 Å². The highest BCUT2D eigenvalue weighted by molar-refractivity contribution is 6.10. The molecule has 0 fully saturated rings. The molecule has 2 heterocycles. The van der Waals surface area contributed by atoms with Gasteiger partial charge in [-0.3, -0.25) is 14.4 Å². The van der Waals surface area contributed by atoms with Crippen molar-refractivity contribution in [3.63, 3.8) is 0 Å². The largest absolute Gasteiger partial charge is 0.486 e. The Morgan fingerprint density at radius 1 is 0.889 bits per heavy atom. The molecule has 1 amide bonds. The van der Waals surface area contributed by atoms with Crippen molar-refractivity contribution in [3.05, 3.63) is 99.6 Å². The number of hydrogen-bond acceptors (Lipinski definition) is 5. The number of amides is 1. The van der Waals surface area contributed by atoms with Crippen LogP contribution < -0.4 is 20.2 Å². The van der Waals surface area contributed by atoms with Gasteiger partial charge in [0.05, 0.1) is 16.5 Å². The molecule has 1 aliphatic rings. The molecule has 0 bridgehead atoms. The van der Waals surface area contributed by atoms with E-state index in [0.29, 0.717) is 23.6 Å². The van der Waals surface area contributed by atoms with Gasteiger partial charge in [0.1, 0.15) is 25.6 Å². The second-order valence-corrected chi connectivity index (χ2v) is 8.03. The van der Waals surface area contributed by atoms with Gasteiger partial charge in [0.15, 0.2) is 28.9 Å². The Morgan fingerprint density at radius 3 is 2.28 bits per heavy atom. The van der Waals surface area contributed by atoms with E-state index in [0.717, 1.165) is 24.3 Å². The van der Waals surface area contributed by atoms with Crippen LogP contribution in [0.3, 0.4) is 0 Å². The fourth-order valence-electron chi connectivity index (χ4n) is 3.91. The van der Waals surface area contributed by atoms with Crippen LogP contribution in [0.4, 0.5) is 18.9 Å². The molecule has 1 aliphatic heterocycles. The van der Waals surface area contributed by atoms with E-state index < -0.39 is 34.6 Å². The summed E-state index contributed by atoms with van der Waals surface area (Å²) in [4.78, 5) is 39.2. The van der Waals surface area contributed by atoms with E-state index in [9.17, 15) is 27.6 Å². The van der Waals surface area contributed by atoms with E-state index in [4.69, 9.17) is 9.47 Å². The predicted molar refractivity (Wildman–Crippen MR) is 124 cm³/mol. The van der Waals surface area contributed by atoms with Gasteiger partial charge in [-0.05, 0) is 42.5 Å². The van der Waals surface area contributed by atoms with Gasteiger partial charge in [-0.1, -0.05) is 0 Å². The molecule has 0 spiro atoms. The van der Waals surface area contributed by atoms with E-state index in [1.165, 1.54) is 41.1 Å². The van der Waals surface area contributed by atoms with E-state index in [1.54, 1.807) is 0 Å². The third-order valence-corrected chi connectivity index (χ3v) is 5.61. The molecule has 7 nitrogen and oxygen atoms in total. The van der Waals surface area contributed by atoms with E-state index >= 15 is 0 Å². The van der Waals surface area contributed by atoms with Gasteiger partial charge in [0.25, 0.3) is 0 Å². The summed E-state index contributed by atoms with van der Waals surface area (Å²) in [6, 6.07) is 10.6. The zero-order valence-corrected chi connectivity index (χ0v) is 18.5. The van der Waals surface area contributed by atoms with Gasteiger partial charge in [-0.25, -0.2) is 13.2 Å². The van der Waals surface area contributed by atoms with Crippen LogP contribution in [0.25, 0.3) is 10.9 Å². The van der Waals surface area contributed by atoms with Crippen molar-refractivity contribution in [3.8, 4) is 11.5 Å². The maximum atomic E-state index is 13.5. The van der Waals surface area contributed by atoms with Crippen molar-refractivity contribution in [2.45, 2.75) is 6.54 Å². The minimum Gasteiger partial charge on any atom is -0.486 e. The molecule has 3 aromatic carbocycles. The van der Waals surface area contributed by atoms with Crippen molar-refractivity contribution in [1.29, 1.82) is 0 Å². The Morgan fingerprint density at radius 2 is 1.58 bits per heavy atom. The summed E-state index contributed by atoms with van der Waals surface area (Å²) in [6.45, 7) is 0.192. The topological polar surface area (TPSA) is 86.6 Å². The summed E-state index contributed by atoms with van der Waals surface area (Å²) < 4.78 is 52.6. The molecule has 1 aromatic heterocycles. The molecular weight excluding hydrogens is 477 g/mol. The minimum atomic E-state index is -1.13. The number of halogens is 3. The van der Waals surface area contributed by atoms with Gasteiger partial charge in [-0.2, -0.15) is 0 Å². The number of ketones is 1. The third kappa shape index (κ3) is 4.40. The van der Waals surface area contributed by atoms with Crippen LogP contribution in [0.5, 0.6) is 11.5 Å². The van der Waals surface area contributed by atoms with Crippen LogP contribution in [-0.4, -0.2) is 29.5 Å². The number of benzene rings is 3. The lowest BCUT2D eigenvalue weighted by Crippen LogP contribution is -2.25. The number of carbonyl (C=O) groups excluding carboxylic acids is 2. The Kier molecular flexibility index (Phi) is 5.93. The zero-order chi connectivity index (χ0) is 25.4. The molecular formula is C26H17F3N2O5. The molecule has 0 atom stereocenters. The first kappa shape index (κ1) is 23.2. The number of pyridine rings is 1. The van der Waals surface area contributed by atoms with Crippen molar-refractivity contribution >= 4 is 28.3 Å². The van der Waals surface area contributed by atoms with Gasteiger partial charge in [-0.15, -0.1) is 0 Å². The first-order valence-corrected chi connectivity index (χ1v) is 10.8. The second-order valence-electron chi connectivity index (χ2n) is 8.03. The first-order chi connectivity index (χ1) is 17.3. The summed E-state index contributed by atoms with van der Waals surface area (Å²) in [7, 11) is 0. The smallest absolute Gasteiger partial charge is 0.244 e. The highest BCUT2D eigenvalue weighted by atomic mass is 19.2. The number of aromatic nitrogens is 1. The average molecular weight is 494 g/mol. The standard InChI is InChI=1S/C26H17F3N2O5/c27-15-3-1-14(2-4-15)25(33)18-12-31(13-24(32)30-16-5-6-19(28)20(29)9-16)21-11-23-22(35-7-8-36-23)10-17(21)26(18)34/h1-6,9-12H,7-8,13H2,(H,30,32). The summed E-state index contributed by atoms with van der Waals surface area (Å²) in [6.07, 6.45) is 1.23. The number of rotatable bonds is 5. The minimum absolute atomic E-state index is 0.0287. The SMILES string of the molecule is O=C(Cn1cc(C(=O)c2ccc(F)cc2)c(=O)c2cc3c(cc21)OCCO3)Nc1ccc(F)c(F)c1. The van der Waals surface area contributed by atoms with Gasteiger partial charge in [0.2, 0.25) is 11.3 Å². The quantitative estimate of drug-likeness (QED) is 0.423. The Balaban J connectivity index is 1.59. The Labute approximate surface area is 201 Å².